The Labute approximate surface area is 91.5 Å². The van der Waals surface area contributed by atoms with Crippen LogP contribution in [0.1, 0.15) is 5.56 Å². The molecule has 0 amide bonds. The number of aromatic nitrogens is 2. The fourth-order valence-corrected chi connectivity index (χ4v) is 1.35. The average Bonchev–Trinajstić information content (AvgIpc) is 2.28. The average molecular weight is 226 g/mol. The van der Waals surface area contributed by atoms with Crippen molar-refractivity contribution in [3.05, 3.63) is 26.4 Å². The van der Waals surface area contributed by atoms with Crippen LogP contribution < -0.4 is 22.3 Å². The predicted octanol–water partition coefficient (Wildman–Crippen LogP) is -2.05. The van der Waals surface area contributed by atoms with Gasteiger partial charge in [0, 0.05) is 20.6 Å². The van der Waals surface area contributed by atoms with E-state index in [1.165, 1.54) is 18.7 Å². The Hall–Kier alpha value is -1.89. The zero-order valence-corrected chi connectivity index (χ0v) is 9.19. The second kappa shape index (κ2) is 4.75. The van der Waals surface area contributed by atoms with Crippen molar-refractivity contribution in [1.29, 1.82) is 0 Å². The number of nitrogens with two attached hydrogens (primary N) is 1. The van der Waals surface area contributed by atoms with E-state index in [1.807, 2.05) is 0 Å². The third-order valence-electron chi connectivity index (χ3n) is 2.34. The van der Waals surface area contributed by atoms with Gasteiger partial charge in [-0.05, 0) is 0 Å². The van der Waals surface area contributed by atoms with Gasteiger partial charge in [0.25, 0.3) is 5.56 Å². The van der Waals surface area contributed by atoms with Gasteiger partial charge >= 0.3 is 5.69 Å². The van der Waals surface area contributed by atoms with Crippen LogP contribution in [-0.2, 0) is 25.4 Å². The second-order valence-corrected chi connectivity index (χ2v) is 3.37. The van der Waals surface area contributed by atoms with Crippen LogP contribution in [0.25, 0.3) is 0 Å². The lowest BCUT2D eigenvalue weighted by atomic mass is 10.3. The predicted molar refractivity (Wildman–Crippen MR) is 59.1 cm³/mol. The van der Waals surface area contributed by atoms with Crippen molar-refractivity contribution in [2.45, 2.75) is 6.54 Å². The maximum Gasteiger partial charge on any atom is 0.332 e. The molecule has 0 saturated heterocycles. The van der Waals surface area contributed by atoms with Crippen molar-refractivity contribution in [2.75, 3.05) is 12.3 Å². The molecule has 0 spiro atoms. The van der Waals surface area contributed by atoms with Gasteiger partial charge in [0.15, 0.2) is 0 Å². The topological polar surface area (TPSA) is 99.1 Å². The van der Waals surface area contributed by atoms with Crippen molar-refractivity contribution in [2.24, 2.45) is 14.1 Å². The maximum absolute atomic E-state index is 11.7. The molecule has 0 aromatic carbocycles. The summed E-state index contributed by atoms with van der Waals surface area (Å²) in [4.78, 5) is 33.3. The summed E-state index contributed by atoms with van der Waals surface area (Å²) >= 11 is 0. The number of carbonyl (C=O) groups excluding carboxylic acids is 1. The minimum Gasteiger partial charge on any atom is -0.385 e. The standard InChI is InChI=1S/C9H14N4O3/c1-12-7(10)6(5-11-3-4-14)8(15)13(2)9(12)16/h4,11H,3,5,10H2,1-2H3. The molecule has 1 heterocycles. The van der Waals surface area contributed by atoms with Crippen molar-refractivity contribution >= 4 is 12.1 Å². The molecule has 1 aromatic heterocycles. The van der Waals surface area contributed by atoms with Crippen molar-refractivity contribution in [3.8, 4) is 0 Å². The number of aldehydes is 1. The number of nitrogen functional groups attached to an aromatic ring is 1. The van der Waals surface area contributed by atoms with Crippen LogP contribution in [-0.4, -0.2) is 22.0 Å². The Morgan fingerprint density at radius 1 is 1.31 bits per heavy atom. The summed E-state index contributed by atoms with van der Waals surface area (Å²) in [7, 11) is 2.87. The Balaban J connectivity index is 3.24. The first-order valence-electron chi connectivity index (χ1n) is 4.69. The zero-order chi connectivity index (χ0) is 12.3. The van der Waals surface area contributed by atoms with Gasteiger partial charge in [0.2, 0.25) is 0 Å². The van der Waals surface area contributed by atoms with Gasteiger partial charge in [-0.2, -0.15) is 0 Å². The quantitative estimate of drug-likeness (QED) is 0.455. The Morgan fingerprint density at radius 3 is 2.50 bits per heavy atom. The summed E-state index contributed by atoms with van der Waals surface area (Å²) in [6.07, 6.45) is 0.683. The van der Waals surface area contributed by atoms with Crippen LogP contribution in [0.3, 0.4) is 0 Å². The summed E-state index contributed by atoms with van der Waals surface area (Å²) in [6, 6.07) is 0. The molecular weight excluding hydrogens is 212 g/mol. The number of hydrogen-bond acceptors (Lipinski definition) is 5. The number of nitrogens with zero attached hydrogens (tertiary/aromatic N) is 2. The monoisotopic (exact) mass is 226 g/mol. The molecule has 0 saturated carbocycles. The van der Waals surface area contributed by atoms with Crippen LogP contribution in [0.5, 0.6) is 0 Å². The smallest absolute Gasteiger partial charge is 0.332 e. The highest BCUT2D eigenvalue weighted by molar-refractivity contribution is 5.52. The van der Waals surface area contributed by atoms with Gasteiger partial charge in [-0.15, -0.1) is 0 Å². The molecule has 3 N–H and O–H groups in total. The summed E-state index contributed by atoms with van der Waals surface area (Å²) in [5.74, 6) is 0.117. The molecule has 7 heteroatoms. The SMILES string of the molecule is Cn1c(N)c(CNCC=O)c(=O)n(C)c1=O. The second-order valence-electron chi connectivity index (χ2n) is 3.37. The van der Waals surface area contributed by atoms with Gasteiger partial charge in [0.1, 0.15) is 12.1 Å². The highest BCUT2D eigenvalue weighted by Crippen LogP contribution is 2.01. The molecule has 0 aliphatic carbocycles. The largest absolute Gasteiger partial charge is 0.385 e. The van der Waals surface area contributed by atoms with E-state index in [0.717, 1.165) is 4.57 Å². The Morgan fingerprint density at radius 2 is 1.94 bits per heavy atom. The third kappa shape index (κ3) is 2.03. The minimum absolute atomic E-state index is 0.117. The van der Waals surface area contributed by atoms with Crippen LogP contribution in [0, 0.1) is 0 Å². The maximum atomic E-state index is 11.7. The molecule has 0 aliphatic heterocycles. The molecule has 0 bridgehead atoms. The summed E-state index contributed by atoms with van der Waals surface area (Å²) in [5.41, 5.74) is 5.02. The van der Waals surface area contributed by atoms with E-state index < -0.39 is 11.2 Å². The molecule has 0 unspecified atom stereocenters. The van der Waals surface area contributed by atoms with E-state index in [9.17, 15) is 14.4 Å². The number of anilines is 1. The molecular formula is C9H14N4O3. The summed E-state index contributed by atoms with van der Waals surface area (Å²) in [5, 5.41) is 2.73. The molecule has 1 aromatic rings. The summed E-state index contributed by atoms with van der Waals surface area (Å²) in [6.45, 7) is 0.288. The van der Waals surface area contributed by atoms with Crippen LogP contribution in [0.4, 0.5) is 5.82 Å². The lowest BCUT2D eigenvalue weighted by molar-refractivity contribution is -0.107. The molecule has 16 heavy (non-hydrogen) atoms. The first-order valence-corrected chi connectivity index (χ1v) is 4.69. The van der Waals surface area contributed by atoms with E-state index in [0.29, 0.717) is 6.29 Å². The van der Waals surface area contributed by atoms with Crippen molar-refractivity contribution < 1.29 is 4.79 Å². The van der Waals surface area contributed by atoms with Gasteiger partial charge < -0.3 is 15.8 Å². The lowest BCUT2D eigenvalue weighted by Gasteiger charge is -2.11. The highest BCUT2D eigenvalue weighted by atomic mass is 16.2. The van der Waals surface area contributed by atoms with E-state index >= 15 is 0 Å². The molecule has 7 nitrogen and oxygen atoms in total. The summed E-state index contributed by atoms with van der Waals surface area (Å²) < 4.78 is 2.17. The highest BCUT2D eigenvalue weighted by Gasteiger charge is 2.12. The molecule has 0 atom stereocenters. The van der Waals surface area contributed by atoms with Gasteiger partial charge in [-0.1, -0.05) is 0 Å². The number of carbonyl (C=O) groups is 1. The minimum atomic E-state index is -0.471. The van der Waals surface area contributed by atoms with Crippen LogP contribution >= 0.6 is 0 Å². The van der Waals surface area contributed by atoms with Crippen molar-refractivity contribution in [3.63, 3.8) is 0 Å². The van der Waals surface area contributed by atoms with E-state index in [1.54, 1.807) is 0 Å². The Kier molecular flexibility index (Phi) is 3.62. The molecule has 0 radical (unpaired) electrons. The van der Waals surface area contributed by atoms with Crippen molar-refractivity contribution in [1.82, 2.24) is 14.5 Å². The van der Waals surface area contributed by atoms with Crippen LogP contribution in [0.2, 0.25) is 0 Å². The molecule has 0 aliphatic rings. The molecule has 0 fully saturated rings. The van der Waals surface area contributed by atoms with Gasteiger partial charge in [0.05, 0.1) is 12.1 Å². The van der Waals surface area contributed by atoms with Gasteiger partial charge in [-0.25, -0.2) is 4.79 Å². The van der Waals surface area contributed by atoms with E-state index in [4.69, 9.17) is 5.73 Å². The third-order valence-corrected chi connectivity index (χ3v) is 2.34. The molecule has 88 valence electrons. The van der Waals surface area contributed by atoms with Crippen LogP contribution in [0.15, 0.2) is 9.59 Å². The number of hydrogen-bond donors (Lipinski definition) is 2. The fraction of sp³-hybridized carbons (Fsp3) is 0.444. The zero-order valence-electron chi connectivity index (χ0n) is 9.19. The first-order chi connectivity index (χ1) is 7.50. The van der Waals surface area contributed by atoms with E-state index in [2.05, 4.69) is 5.32 Å². The molecule has 1 rings (SSSR count). The lowest BCUT2D eigenvalue weighted by Crippen LogP contribution is -2.41. The first kappa shape index (κ1) is 12.2. The number of rotatable bonds is 4. The van der Waals surface area contributed by atoms with Gasteiger partial charge in [-0.3, -0.25) is 13.9 Å². The Bertz CT molecular complexity index is 515. The van der Waals surface area contributed by atoms with E-state index in [-0.39, 0.29) is 24.5 Å². The normalized spacial score (nSPS) is 10.4. The fourth-order valence-electron chi connectivity index (χ4n) is 1.35. The number of nitrogens with one attached hydrogen (secondary N) is 1.